The van der Waals surface area contributed by atoms with Gasteiger partial charge in [-0.2, -0.15) is 0 Å². The number of aromatic nitrogens is 2. The molecule has 1 aliphatic heterocycles. The minimum absolute atomic E-state index is 0.201. The quantitative estimate of drug-likeness (QED) is 0.701. The SMILES string of the molecule is COc1ccccc1NC(=O)c1cc(C)nc(Nc2ccc3c(c2)OCO3)n1. The van der Waals surface area contributed by atoms with Crippen molar-refractivity contribution in [3.63, 3.8) is 0 Å². The van der Waals surface area contributed by atoms with Crippen LogP contribution in [0.2, 0.25) is 0 Å². The number of amides is 1. The second-order valence-electron chi connectivity index (χ2n) is 6.07. The van der Waals surface area contributed by atoms with Crippen LogP contribution < -0.4 is 24.8 Å². The number of hydrogen-bond acceptors (Lipinski definition) is 7. The number of nitrogens with zero attached hydrogens (tertiary/aromatic N) is 2. The number of carbonyl (C=O) groups excluding carboxylic acids is 1. The van der Waals surface area contributed by atoms with Crippen molar-refractivity contribution in [3.05, 3.63) is 59.9 Å². The molecule has 0 fully saturated rings. The fourth-order valence-corrected chi connectivity index (χ4v) is 2.78. The van der Waals surface area contributed by atoms with Gasteiger partial charge < -0.3 is 24.8 Å². The topological polar surface area (TPSA) is 94.6 Å². The van der Waals surface area contributed by atoms with Gasteiger partial charge in [0.25, 0.3) is 5.91 Å². The molecule has 0 spiro atoms. The van der Waals surface area contributed by atoms with Crippen molar-refractivity contribution in [2.45, 2.75) is 6.92 Å². The van der Waals surface area contributed by atoms with Crippen LogP contribution in [-0.2, 0) is 0 Å². The summed E-state index contributed by atoms with van der Waals surface area (Å²) in [6.45, 7) is 2.00. The third kappa shape index (κ3) is 3.66. The number of para-hydroxylation sites is 2. The van der Waals surface area contributed by atoms with Crippen molar-refractivity contribution in [1.82, 2.24) is 9.97 Å². The molecule has 0 atom stereocenters. The summed E-state index contributed by atoms with van der Waals surface area (Å²) in [7, 11) is 1.55. The second-order valence-corrected chi connectivity index (χ2v) is 6.07. The summed E-state index contributed by atoms with van der Waals surface area (Å²) >= 11 is 0. The Morgan fingerprint density at radius 2 is 1.89 bits per heavy atom. The highest BCUT2D eigenvalue weighted by Gasteiger charge is 2.16. The number of aryl methyl sites for hydroxylation is 1. The van der Waals surface area contributed by atoms with Gasteiger partial charge >= 0.3 is 0 Å². The lowest BCUT2D eigenvalue weighted by molar-refractivity contribution is 0.102. The van der Waals surface area contributed by atoms with E-state index in [2.05, 4.69) is 20.6 Å². The van der Waals surface area contributed by atoms with Crippen LogP contribution in [0.4, 0.5) is 17.3 Å². The number of hydrogen-bond donors (Lipinski definition) is 2. The predicted octanol–water partition coefficient (Wildman–Crippen LogP) is 3.52. The van der Waals surface area contributed by atoms with Gasteiger partial charge in [-0.25, -0.2) is 9.97 Å². The molecule has 0 unspecified atom stereocenters. The van der Waals surface area contributed by atoms with Crippen molar-refractivity contribution in [2.75, 3.05) is 24.5 Å². The van der Waals surface area contributed by atoms with E-state index in [1.807, 2.05) is 18.2 Å². The first kappa shape index (κ1) is 17.6. The number of fused-ring (bicyclic) bond motifs is 1. The third-order valence-electron chi connectivity index (χ3n) is 4.07. The van der Waals surface area contributed by atoms with Gasteiger partial charge in [-0.05, 0) is 37.3 Å². The Morgan fingerprint density at radius 3 is 2.75 bits per heavy atom. The first-order valence-corrected chi connectivity index (χ1v) is 8.59. The van der Waals surface area contributed by atoms with E-state index >= 15 is 0 Å². The Balaban J connectivity index is 1.56. The standard InChI is InChI=1S/C20H18N4O4/c1-12-9-15(19(25)23-14-5-3-4-6-16(14)26-2)24-20(21-12)22-13-7-8-17-18(10-13)28-11-27-17/h3-10H,11H2,1-2H3,(H,23,25)(H,21,22,24). The molecule has 28 heavy (non-hydrogen) atoms. The highest BCUT2D eigenvalue weighted by Crippen LogP contribution is 2.34. The molecule has 1 amide bonds. The Morgan fingerprint density at radius 1 is 1.07 bits per heavy atom. The van der Waals surface area contributed by atoms with Crippen LogP contribution >= 0.6 is 0 Å². The Labute approximate surface area is 161 Å². The monoisotopic (exact) mass is 378 g/mol. The fraction of sp³-hybridized carbons (Fsp3) is 0.150. The normalized spacial score (nSPS) is 11.8. The lowest BCUT2D eigenvalue weighted by Gasteiger charge is -2.11. The molecule has 2 aromatic carbocycles. The maximum Gasteiger partial charge on any atom is 0.274 e. The molecule has 1 aliphatic rings. The molecular weight excluding hydrogens is 360 g/mol. The van der Waals surface area contributed by atoms with Crippen molar-refractivity contribution in [3.8, 4) is 17.2 Å². The van der Waals surface area contributed by atoms with E-state index in [0.29, 0.717) is 34.6 Å². The summed E-state index contributed by atoms with van der Waals surface area (Å²) in [4.78, 5) is 21.3. The minimum atomic E-state index is -0.358. The maximum absolute atomic E-state index is 12.7. The lowest BCUT2D eigenvalue weighted by atomic mass is 10.2. The van der Waals surface area contributed by atoms with Gasteiger partial charge in [0.15, 0.2) is 11.5 Å². The number of benzene rings is 2. The molecule has 2 heterocycles. The summed E-state index contributed by atoms with van der Waals surface area (Å²) in [6, 6.07) is 14.2. The van der Waals surface area contributed by atoms with Crippen molar-refractivity contribution < 1.29 is 19.0 Å². The van der Waals surface area contributed by atoms with Gasteiger partial charge in [0.2, 0.25) is 12.7 Å². The van der Waals surface area contributed by atoms with E-state index in [-0.39, 0.29) is 18.4 Å². The van der Waals surface area contributed by atoms with E-state index in [9.17, 15) is 4.79 Å². The Hall–Kier alpha value is -3.81. The van der Waals surface area contributed by atoms with Crippen molar-refractivity contribution in [1.29, 1.82) is 0 Å². The molecule has 0 bridgehead atoms. The van der Waals surface area contributed by atoms with E-state index in [4.69, 9.17) is 14.2 Å². The van der Waals surface area contributed by atoms with Gasteiger partial charge in [0.1, 0.15) is 11.4 Å². The zero-order chi connectivity index (χ0) is 19.5. The van der Waals surface area contributed by atoms with Crippen molar-refractivity contribution in [2.24, 2.45) is 0 Å². The molecule has 142 valence electrons. The first-order chi connectivity index (χ1) is 13.6. The van der Waals surface area contributed by atoms with Crippen LogP contribution in [0.15, 0.2) is 48.5 Å². The zero-order valence-corrected chi connectivity index (χ0v) is 15.4. The minimum Gasteiger partial charge on any atom is -0.495 e. The molecule has 8 nitrogen and oxygen atoms in total. The van der Waals surface area contributed by atoms with Gasteiger partial charge in [-0.15, -0.1) is 0 Å². The molecule has 1 aromatic heterocycles. The number of nitrogens with one attached hydrogen (secondary N) is 2. The number of ether oxygens (including phenoxy) is 3. The maximum atomic E-state index is 12.7. The highest BCUT2D eigenvalue weighted by atomic mass is 16.7. The van der Waals surface area contributed by atoms with Gasteiger partial charge in [0.05, 0.1) is 12.8 Å². The van der Waals surface area contributed by atoms with E-state index in [0.717, 1.165) is 5.69 Å². The highest BCUT2D eigenvalue weighted by molar-refractivity contribution is 6.03. The molecule has 0 radical (unpaired) electrons. The van der Waals surface area contributed by atoms with E-state index < -0.39 is 0 Å². The van der Waals surface area contributed by atoms with Gasteiger partial charge in [-0.1, -0.05) is 12.1 Å². The second kappa shape index (κ2) is 7.43. The number of anilines is 3. The number of carbonyl (C=O) groups is 1. The zero-order valence-electron chi connectivity index (χ0n) is 15.4. The summed E-state index contributed by atoms with van der Waals surface area (Å²) < 4.78 is 15.9. The summed E-state index contributed by atoms with van der Waals surface area (Å²) in [5, 5.41) is 5.91. The van der Waals surface area contributed by atoms with Crippen LogP contribution in [-0.4, -0.2) is 29.8 Å². The first-order valence-electron chi connectivity index (χ1n) is 8.59. The summed E-state index contributed by atoms with van der Waals surface area (Å²) in [5.74, 6) is 1.85. The predicted molar refractivity (Wildman–Crippen MR) is 104 cm³/mol. The third-order valence-corrected chi connectivity index (χ3v) is 4.07. The van der Waals surface area contributed by atoms with Gasteiger partial charge in [-0.3, -0.25) is 4.79 Å². The van der Waals surface area contributed by atoms with Crippen LogP contribution in [0.5, 0.6) is 17.2 Å². The molecule has 4 rings (SSSR count). The summed E-state index contributed by atoms with van der Waals surface area (Å²) in [6.07, 6.45) is 0. The Kier molecular flexibility index (Phi) is 4.67. The van der Waals surface area contributed by atoms with Crippen LogP contribution in [0.1, 0.15) is 16.2 Å². The largest absolute Gasteiger partial charge is 0.495 e. The van der Waals surface area contributed by atoms with E-state index in [1.54, 1.807) is 44.4 Å². The molecule has 0 saturated heterocycles. The van der Waals surface area contributed by atoms with E-state index in [1.165, 1.54) is 0 Å². The Bertz CT molecular complexity index is 1040. The van der Waals surface area contributed by atoms with Crippen LogP contribution in [0.3, 0.4) is 0 Å². The molecule has 0 aliphatic carbocycles. The lowest BCUT2D eigenvalue weighted by Crippen LogP contribution is -2.16. The van der Waals surface area contributed by atoms with Crippen molar-refractivity contribution >= 4 is 23.2 Å². The molecular formula is C20H18N4O4. The molecule has 0 saturated carbocycles. The smallest absolute Gasteiger partial charge is 0.274 e. The summed E-state index contributed by atoms with van der Waals surface area (Å²) in [5.41, 5.74) is 2.19. The number of methoxy groups -OCH3 is 1. The molecule has 2 N–H and O–H groups in total. The average molecular weight is 378 g/mol. The fourth-order valence-electron chi connectivity index (χ4n) is 2.78. The molecule has 3 aromatic rings. The van der Waals surface area contributed by atoms with Crippen LogP contribution in [0.25, 0.3) is 0 Å². The molecule has 8 heteroatoms. The number of rotatable bonds is 5. The average Bonchev–Trinajstić information content (AvgIpc) is 3.16. The van der Waals surface area contributed by atoms with Crippen LogP contribution in [0, 0.1) is 6.92 Å². The van der Waals surface area contributed by atoms with Gasteiger partial charge in [0, 0.05) is 17.4 Å².